The molecule has 1 aromatic carbocycles. The molecule has 1 unspecified atom stereocenters. The number of phenolic OH excluding ortho intramolecular Hbond substituents is 1. The topological polar surface area (TPSA) is 83.6 Å². The Hall–Kier alpha value is -1.69. The van der Waals surface area contributed by atoms with Gasteiger partial charge in [0.05, 0.1) is 0 Å². The highest BCUT2D eigenvalue weighted by atomic mass is 19.3. The fraction of sp³-hybridized carbons (Fsp3) is 0.222. The van der Waals surface area contributed by atoms with Crippen molar-refractivity contribution in [2.45, 2.75) is 12.0 Å². The van der Waals surface area contributed by atoms with Gasteiger partial charge in [-0.25, -0.2) is 13.6 Å². The molecule has 0 aliphatic heterocycles. The molecule has 0 aromatic heterocycles. The maximum Gasteiger partial charge on any atom is 0.334 e. The summed E-state index contributed by atoms with van der Waals surface area (Å²) in [5.41, 5.74) is 1.71. The highest BCUT2D eigenvalue weighted by molar-refractivity contribution is 5.82. The second-order valence-electron chi connectivity index (χ2n) is 2.99. The van der Waals surface area contributed by atoms with Crippen LogP contribution >= 0.6 is 0 Å². The van der Waals surface area contributed by atoms with Crippen LogP contribution in [0.3, 0.4) is 0 Å². The molecule has 1 atom stereocenters. The highest BCUT2D eigenvalue weighted by Crippen LogP contribution is 2.32. The smallest absolute Gasteiger partial charge is 0.334 e. The molecule has 4 nitrogen and oxygen atoms in total. The van der Waals surface area contributed by atoms with E-state index in [1.807, 2.05) is 0 Å². The minimum atomic E-state index is -3.32. The van der Waals surface area contributed by atoms with E-state index in [1.165, 1.54) is 12.1 Å². The van der Waals surface area contributed by atoms with Gasteiger partial charge in [-0.3, -0.25) is 0 Å². The van der Waals surface area contributed by atoms with E-state index in [-0.39, 0.29) is 0 Å². The van der Waals surface area contributed by atoms with Gasteiger partial charge in [-0.2, -0.15) is 0 Å². The molecule has 0 spiro atoms. The van der Waals surface area contributed by atoms with Gasteiger partial charge in [-0.1, -0.05) is 18.2 Å². The van der Waals surface area contributed by atoms with Crippen molar-refractivity contribution in [3.8, 4) is 5.75 Å². The molecule has 0 aliphatic carbocycles. The van der Waals surface area contributed by atoms with Gasteiger partial charge in [0.15, 0.2) is 0 Å². The molecule has 0 bridgehead atoms. The van der Waals surface area contributed by atoms with E-state index < -0.39 is 29.2 Å². The number of hydrogen-bond donors (Lipinski definition) is 3. The van der Waals surface area contributed by atoms with Gasteiger partial charge in [-0.05, 0) is 6.07 Å². The Morgan fingerprint density at radius 2 is 1.93 bits per heavy atom. The van der Waals surface area contributed by atoms with Crippen LogP contribution in [-0.2, 0) is 10.3 Å². The fourth-order valence-electron chi connectivity index (χ4n) is 1.15. The molecule has 15 heavy (non-hydrogen) atoms. The molecule has 0 saturated heterocycles. The third kappa shape index (κ3) is 1.75. The molecule has 0 fully saturated rings. The van der Waals surface area contributed by atoms with Crippen molar-refractivity contribution in [3.63, 3.8) is 0 Å². The van der Waals surface area contributed by atoms with E-state index in [0.29, 0.717) is 0 Å². The Bertz CT molecular complexity index is 383. The van der Waals surface area contributed by atoms with Gasteiger partial charge >= 0.3 is 5.97 Å². The van der Waals surface area contributed by atoms with Gasteiger partial charge in [-0.15, -0.1) is 0 Å². The molecule has 82 valence electrons. The second-order valence-corrected chi connectivity index (χ2v) is 2.99. The average molecular weight is 217 g/mol. The zero-order valence-electron chi connectivity index (χ0n) is 7.52. The zero-order chi connectivity index (χ0) is 11.6. The van der Waals surface area contributed by atoms with Crippen LogP contribution < -0.4 is 5.73 Å². The second kappa shape index (κ2) is 3.82. The number of aliphatic carboxylic acids is 1. The Balaban J connectivity index is 3.34. The minimum absolute atomic E-state index is 0.507. The number of benzene rings is 1. The summed E-state index contributed by atoms with van der Waals surface area (Å²) in [7, 11) is 0. The highest BCUT2D eigenvalue weighted by Gasteiger charge is 2.47. The van der Waals surface area contributed by atoms with E-state index in [2.05, 4.69) is 0 Å². The number of aromatic hydroxyl groups is 1. The van der Waals surface area contributed by atoms with Crippen molar-refractivity contribution in [2.24, 2.45) is 5.73 Å². The third-order valence-corrected chi connectivity index (χ3v) is 2.05. The van der Waals surface area contributed by atoms with Crippen LogP contribution in [-0.4, -0.2) is 22.6 Å². The van der Waals surface area contributed by atoms with E-state index in [1.54, 1.807) is 0 Å². The van der Waals surface area contributed by atoms with Crippen LogP contribution in [0.15, 0.2) is 24.3 Å². The summed E-state index contributed by atoms with van der Waals surface area (Å²) in [6.45, 7) is 0. The normalized spacial score (nSPS) is 14.9. The molecule has 4 N–H and O–H groups in total. The molecule has 0 saturated carbocycles. The van der Waals surface area contributed by atoms with E-state index in [4.69, 9.17) is 10.8 Å². The van der Waals surface area contributed by atoms with Crippen molar-refractivity contribution >= 4 is 5.97 Å². The van der Waals surface area contributed by atoms with Gasteiger partial charge in [0.2, 0.25) is 5.54 Å². The lowest BCUT2D eigenvalue weighted by atomic mass is 9.91. The number of carboxylic acids is 1. The summed E-state index contributed by atoms with van der Waals surface area (Å²) in [6.07, 6.45) is -3.32. The Morgan fingerprint density at radius 1 is 1.40 bits per heavy atom. The Labute approximate surface area is 83.9 Å². The van der Waals surface area contributed by atoms with Crippen molar-refractivity contribution in [1.82, 2.24) is 0 Å². The van der Waals surface area contributed by atoms with Crippen LogP contribution in [0.4, 0.5) is 8.78 Å². The number of carbonyl (C=O) groups is 1. The van der Waals surface area contributed by atoms with Crippen molar-refractivity contribution < 1.29 is 23.8 Å². The lowest BCUT2D eigenvalue weighted by Gasteiger charge is -2.24. The Morgan fingerprint density at radius 3 is 2.33 bits per heavy atom. The molecule has 0 heterocycles. The molecule has 1 aromatic rings. The molecular formula is C9H9F2NO3. The average Bonchev–Trinajstić information content (AvgIpc) is 2.16. The molecule has 0 aliphatic rings. The van der Waals surface area contributed by atoms with Crippen LogP contribution in [0.1, 0.15) is 5.56 Å². The molecule has 1 rings (SSSR count). The van der Waals surface area contributed by atoms with Crippen LogP contribution in [0.25, 0.3) is 0 Å². The number of nitrogens with two attached hydrogens (primary N) is 1. The summed E-state index contributed by atoms with van der Waals surface area (Å²) in [4.78, 5) is 10.7. The predicted octanol–water partition coefficient (Wildman–Crippen LogP) is 0.896. The number of phenols is 1. The third-order valence-electron chi connectivity index (χ3n) is 2.05. The Kier molecular flexibility index (Phi) is 2.90. The first-order valence-electron chi connectivity index (χ1n) is 3.99. The molecule has 6 heteroatoms. The first-order chi connectivity index (χ1) is 6.90. The monoisotopic (exact) mass is 217 g/mol. The van der Waals surface area contributed by atoms with Gasteiger partial charge < -0.3 is 15.9 Å². The summed E-state index contributed by atoms with van der Waals surface area (Å²) in [5, 5.41) is 17.9. The van der Waals surface area contributed by atoms with E-state index in [9.17, 15) is 18.7 Å². The summed E-state index contributed by atoms with van der Waals surface area (Å²) < 4.78 is 25.2. The van der Waals surface area contributed by atoms with Gasteiger partial charge in [0.1, 0.15) is 5.75 Å². The lowest BCUT2D eigenvalue weighted by molar-refractivity contribution is -0.150. The number of carboxylic acid groups (broad SMARTS) is 1. The molecule has 0 radical (unpaired) electrons. The van der Waals surface area contributed by atoms with E-state index in [0.717, 1.165) is 12.1 Å². The van der Waals surface area contributed by atoms with Crippen molar-refractivity contribution in [1.29, 1.82) is 0 Å². The predicted molar refractivity (Wildman–Crippen MR) is 47.6 cm³/mol. The molecule has 0 amide bonds. The summed E-state index contributed by atoms with van der Waals surface area (Å²) >= 11 is 0. The number of rotatable bonds is 3. The van der Waals surface area contributed by atoms with Gasteiger partial charge in [0.25, 0.3) is 6.43 Å². The van der Waals surface area contributed by atoms with Crippen LogP contribution in [0.5, 0.6) is 5.75 Å². The number of halogens is 2. The van der Waals surface area contributed by atoms with Crippen molar-refractivity contribution in [3.05, 3.63) is 29.8 Å². The van der Waals surface area contributed by atoms with Crippen molar-refractivity contribution in [2.75, 3.05) is 0 Å². The number of para-hydroxylation sites is 1. The summed E-state index contributed by atoms with van der Waals surface area (Å²) in [5.74, 6) is -2.46. The van der Waals surface area contributed by atoms with Crippen LogP contribution in [0, 0.1) is 0 Å². The summed E-state index contributed by atoms with van der Waals surface area (Å²) in [6, 6.07) is 4.85. The fourth-order valence-corrected chi connectivity index (χ4v) is 1.15. The zero-order valence-corrected chi connectivity index (χ0v) is 7.52. The largest absolute Gasteiger partial charge is 0.508 e. The van der Waals surface area contributed by atoms with Crippen LogP contribution in [0.2, 0.25) is 0 Å². The van der Waals surface area contributed by atoms with E-state index >= 15 is 0 Å². The standard InChI is InChI=1S/C9H9F2NO3/c10-7(11)9(12,8(14)15)5-3-1-2-4-6(5)13/h1-4,7,13H,12H2,(H,14,15). The maximum atomic E-state index is 12.6. The first-order valence-corrected chi connectivity index (χ1v) is 3.99. The lowest BCUT2D eigenvalue weighted by Crippen LogP contribution is -2.51. The maximum absolute atomic E-state index is 12.6. The SMILES string of the molecule is NC(C(=O)O)(c1ccccc1O)C(F)F. The quantitative estimate of drug-likeness (QED) is 0.702. The first kappa shape index (κ1) is 11.4. The number of hydrogen-bond acceptors (Lipinski definition) is 3. The minimum Gasteiger partial charge on any atom is -0.508 e. The molecular weight excluding hydrogens is 208 g/mol. The number of alkyl halides is 2. The van der Waals surface area contributed by atoms with Gasteiger partial charge in [0, 0.05) is 5.56 Å².